The van der Waals surface area contributed by atoms with E-state index in [0.29, 0.717) is 0 Å². The molecule has 20 heavy (non-hydrogen) atoms. The molecular formula is C19H27N. The number of likely N-dealkylation sites (tertiary alicyclic amines) is 1. The lowest BCUT2D eigenvalue weighted by atomic mass is 9.76. The Balaban J connectivity index is 1.47. The molecule has 1 heterocycles. The van der Waals surface area contributed by atoms with Crippen molar-refractivity contribution < 1.29 is 0 Å². The van der Waals surface area contributed by atoms with Gasteiger partial charge in [-0.15, -0.1) is 0 Å². The Morgan fingerprint density at radius 1 is 1.00 bits per heavy atom. The summed E-state index contributed by atoms with van der Waals surface area (Å²) in [5.74, 6) is 1.95. The quantitative estimate of drug-likeness (QED) is 0.722. The minimum atomic E-state index is 0.970. The Morgan fingerprint density at radius 3 is 2.40 bits per heavy atom. The molecule has 0 amide bonds. The molecule has 1 atom stereocenters. The molecule has 1 nitrogen and oxygen atoms in total. The van der Waals surface area contributed by atoms with Crippen LogP contribution < -0.4 is 0 Å². The van der Waals surface area contributed by atoms with Crippen LogP contribution in [0.15, 0.2) is 42.0 Å². The van der Waals surface area contributed by atoms with E-state index in [-0.39, 0.29) is 0 Å². The van der Waals surface area contributed by atoms with Gasteiger partial charge in [-0.3, -0.25) is 4.90 Å². The van der Waals surface area contributed by atoms with E-state index >= 15 is 0 Å². The normalized spacial score (nSPS) is 25.4. The van der Waals surface area contributed by atoms with Gasteiger partial charge in [0.2, 0.25) is 0 Å². The fourth-order valence-corrected chi connectivity index (χ4v) is 3.84. The molecule has 1 saturated heterocycles. The molecule has 108 valence electrons. The number of hydrogen-bond acceptors (Lipinski definition) is 1. The van der Waals surface area contributed by atoms with Gasteiger partial charge in [0.15, 0.2) is 0 Å². The number of benzene rings is 1. The summed E-state index contributed by atoms with van der Waals surface area (Å²) in [4.78, 5) is 2.63. The van der Waals surface area contributed by atoms with Gasteiger partial charge >= 0.3 is 0 Å². The van der Waals surface area contributed by atoms with Gasteiger partial charge in [-0.25, -0.2) is 0 Å². The molecular weight excluding hydrogens is 242 g/mol. The fraction of sp³-hybridized carbons (Fsp3) is 0.579. The predicted octanol–water partition coefficient (Wildman–Crippen LogP) is 4.65. The van der Waals surface area contributed by atoms with Crippen LogP contribution in [0.5, 0.6) is 0 Å². The second kappa shape index (κ2) is 6.58. The van der Waals surface area contributed by atoms with Crippen LogP contribution in [0.1, 0.15) is 44.6 Å². The number of nitrogens with zero attached hydrogens (tertiary/aromatic N) is 1. The summed E-state index contributed by atoms with van der Waals surface area (Å²) in [5, 5.41) is 0. The minimum absolute atomic E-state index is 0.970. The smallest absolute Gasteiger partial charge is 0.0233 e. The zero-order chi connectivity index (χ0) is 13.8. The van der Waals surface area contributed by atoms with Crippen molar-refractivity contribution in [1.29, 1.82) is 0 Å². The van der Waals surface area contributed by atoms with Gasteiger partial charge in [-0.2, -0.15) is 0 Å². The molecule has 0 aromatic heterocycles. The molecule has 0 saturated carbocycles. The van der Waals surface area contributed by atoms with E-state index in [4.69, 9.17) is 0 Å². The first-order valence-corrected chi connectivity index (χ1v) is 8.23. The zero-order valence-electron chi connectivity index (χ0n) is 12.7. The van der Waals surface area contributed by atoms with Crippen molar-refractivity contribution in [2.24, 2.45) is 11.8 Å². The minimum Gasteiger partial charge on any atom is -0.299 e. The highest BCUT2D eigenvalue weighted by Crippen LogP contribution is 2.35. The van der Waals surface area contributed by atoms with Gasteiger partial charge < -0.3 is 0 Å². The molecule has 0 spiro atoms. The van der Waals surface area contributed by atoms with Crippen molar-refractivity contribution in [1.82, 2.24) is 4.90 Å². The summed E-state index contributed by atoms with van der Waals surface area (Å²) in [7, 11) is 0. The van der Waals surface area contributed by atoms with E-state index in [1.165, 1.54) is 50.8 Å². The topological polar surface area (TPSA) is 3.24 Å². The van der Waals surface area contributed by atoms with E-state index in [1.807, 2.05) is 0 Å². The van der Waals surface area contributed by atoms with Crippen molar-refractivity contribution in [2.75, 3.05) is 13.1 Å². The molecule has 1 heteroatoms. The summed E-state index contributed by atoms with van der Waals surface area (Å²) in [6.45, 7) is 6.01. The summed E-state index contributed by atoms with van der Waals surface area (Å²) in [5.41, 5.74) is 3.07. The van der Waals surface area contributed by atoms with E-state index < -0.39 is 0 Å². The largest absolute Gasteiger partial charge is 0.299 e. The van der Waals surface area contributed by atoms with Crippen LogP contribution in [0, 0.1) is 11.8 Å². The molecule has 1 unspecified atom stereocenters. The third kappa shape index (κ3) is 3.52. The number of hydrogen-bond donors (Lipinski definition) is 0. The third-order valence-corrected chi connectivity index (χ3v) is 5.23. The van der Waals surface area contributed by atoms with Gasteiger partial charge in [-0.05, 0) is 69.5 Å². The van der Waals surface area contributed by atoms with Gasteiger partial charge in [0, 0.05) is 6.54 Å². The maximum Gasteiger partial charge on any atom is 0.0233 e. The van der Waals surface area contributed by atoms with Gasteiger partial charge in [0.05, 0.1) is 0 Å². The maximum absolute atomic E-state index is 2.63. The Labute approximate surface area is 123 Å². The predicted molar refractivity (Wildman–Crippen MR) is 85.5 cm³/mol. The van der Waals surface area contributed by atoms with Crippen LogP contribution in [-0.2, 0) is 6.54 Å². The highest BCUT2D eigenvalue weighted by Gasteiger charge is 2.27. The lowest BCUT2D eigenvalue weighted by Crippen LogP contribution is -2.36. The molecule has 0 bridgehead atoms. The van der Waals surface area contributed by atoms with Crippen molar-refractivity contribution in [3.8, 4) is 0 Å². The highest BCUT2D eigenvalue weighted by atomic mass is 15.1. The Bertz CT molecular complexity index is 440. The van der Waals surface area contributed by atoms with Gasteiger partial charge in [0.1, 0.15) is 0 Å². The molecule has 1 aromatic rings. The molecule has 1 fully saturated rings. The van der Waals surface area contributed by atoms with Crippen LogP contribution in [0.3, 0.4) is 0 Å². The Morgan fingerprint density at radius 2 is 1.75 bits per heavy atom. The second-order valence-electron chi connectivity index (χ2n) is 6.68. The average molecular weight is 269 g/mol. The van der Waals surface area contributed by atoms with Gasteiger partial charge in [0.25, 0.3) is 0 Å². The first-order valence-electron chi connectivity index (χ1n) is 8.23. The lowest BCUT2D eigenvalue weighted by Gasteiger charge is -2.37. The van der Waals surface area contributed by atoms with Crippen LogP contribution in [0.2, 0.25) is 0 Å². The van der Waals surface area contributed by atoms with Crippen molar-refractivity contribution in [2.45, 2.75) is 45.6 Å². The zero-order valence-corrected chi connectivity index (χ0v) is 12.7. The first kappa shape index (κ1) is 13.9. The molecule has 1 aliphatic heterocycles. The average Bonchev–Trinajstić information content (AvgIpc) is 2.50. The number of piperidine rings is 1. The molecule has 1 aromatic carbocycles. The lowest BCUT2D eigenvalue weighted by molar-refractivity contribution is 0.136. The Hall–Kier alpha value is -1.08. The molecule has 2 aliphatic rings. The van der Waals surface area contributed by atoms with Crippen molar-refractivity contribution >= 4 is 0 Å². The fourth-order valence-electron chi connectivity index (χ4n) is 3.84. The maximum atomic E-state index is 2.63. The third-order valence-electron chi connectivity index (χ3n) is 5.23. The van der Waals surface area contributed by atoms with Crippen LogP contribution >= 0.6 is 0 Å². The van der Waals surface area contributed by atoms with Crippen molar-refractivity contribution in [3.63, 3.8) is 0 Å². The molecule has 0 N–H and O–H groups in total. The Kier molecular flexibility index (Phi) is 4.57. The molecule has 3 rings (SSSR count). The van der Waals surface area contributed by atoms with Crippen LogP contribution in [0.25, 0.3) is 0 Å². The SMILES string of the molecule is CC1=CCC(C2CCN(Cc3ccccc3)CC2)CC1. The van der Waals surface area contributed by atoms with E-state index in [9.17, 15) is 0 Å². The van der Waals surface area contributed by atoms with Gasteiger partial charge in [-0.1, -0.05) is 42.0 Å². The van der Waals surface area contributed by atoms with Crippen molar-refractivity contribution in [3.05, 3.63) is 47.5 Å². The first-order chi connectivity index (χ1) is 9.81. The summed E-state index contributed by atoms with van der Waals surface area (Å²) in [6.07, 6.45) is 9.43. The van der Waals surface area contributed by atoms with E-state index in [1.54, 1.807) is 5.57 Å². The monoisotopic (exact) mass is 269 g/mol. The number of rotatable bonds is 3. The summed E-state index contributed by atoms with van der Waals surface area (Å²) >= 11 is 0. The molecule has 0 radical (unpaired) electrons. The van der Waals surface area contributed by atoms with Crippen LogP contribution in [0.4, 0.5) is 0 Å². The standard InChI is InChI=1S/C19H27N/c1-16-7-9-18(10-8-16)19-11-13-20(14-12-19)15-17-5-3-2-4-6-17/h2-7,18-19H,8-15H2,1H3. The van der Waals surface area contributed by atoms with E-state index in [0.717, 1.165) is 18.4 Å². The highest BCUT2D eigenvalue weighted by molar-refractivity contribution is 5.14. The van der Waals surface area contributed by atoms with Crippen LogP contribution in [-0.4, -0.2) is 18.0 Å². The molecule has 1 aliphatic carbocycles. The second-order valence-corrected chi connectivity index (χ2v) is 6.68. The summed E-state index contributed by atoms with van der Waals surface area (Å²) < 4.78 is 0. The summed E-state index contributed by atoms with van der Waals surface area (Å²) in [6, 6.07) is 10.9. The van der Waals surface area contributed by atoms with E-state index in [2.05, 4.69) is 48.2 Å². The number of allylic oxidation sites excluding steroid dienone is 2.